The average Bonchev–Trinajstić information content (AvgIpc) is 2.98. The number of nitrogens with one attached hydrogen (secondary N) is 1. The number of carbonyl (C=O) groups is 1. The molecule has 5 nitrogen and oxygen atoms in total. The van der Waals surface area contributed by atoms with E-state index in [2.05, 4.69) is 22.2 Å². The minimum Gasteiger partial charge on any atom is -0.369 e. The second-order valence-electron chi connectivity index (χ2n) is 5.07. The fraction of sp³-hybridized carbons (Fsp3) is 0.643. The first-order valence-corrected chi connectivity index (χ1v) is 7.05. The molecule has 0 bridgehead atoms. The molecule has 1 aromatic heterocycles. The smallest absolute Gasteiger partial charge is 0.274 e. The number of nitrogens with zero attached hydrogens (tertiary/aromatic N) is 3. The Morgan fingerprint density at radius 2 is 2.16 bits per heavy atom. The molecule has 0 aliphatic heterocycles. The van der Waals surface area contributed by atoms with Gasteiger partial charge in [0, 0.05) is 19.6 Å². The SMILES string of the molecule is CCCNc1cncc(C(=O)N(C)C2CCCC2)n1. The average molecular weight is 262 g/mol. The van der Waals surface area contributed by atoms with E-state index in [0.717, 1.165) is 25.8 Å². The molecule has 1 saturated carbocycles. The molecule has 104 valence electrons. The first-order valence-electron chi connectivity index (χ1n) is 7.05. The molecular weight excluding hydrogens is 240 g/mol. The number of aromatic nitrogens is 2. The van der Waals surface area contributed by atoms with Crippen molar-refractivity contribution in [2.75, 3.05) is 18.9 Å². The first kappa shape index (κ1) is 13.8. The van der Waals surface area contributed by atoms with Gasteiger partial charge in [-0.05, 0) is 19.3 Å². The van der Waals surface area contributed by atoms with Crippen molar-refractivity contribution in [3.05, 3.63) is 18.1 Å². The van der Waals surface area contributed by atoms with Crippen molar-refractivity contribution in [3.8, 4) is 0 Å². The van der Waals surface area contributed by atoms with E-state index >= 15 is 0 Å². The molecule has 19 heavy (non-hydrogen) atoms. The Bertz CT molecular complexity index is 429. The summed E-state index contributed by atoms with van der Waals surface area (Å²) in [5.41, 5.74) is 0.426. The molecule has 1 aliphatic rings. The van der Waals surface area contributed by atoms with Gasteiger partial charge in [0.1, 0.15) is 11.5 Å². The highest BCUT2D eigenvalue weighted by molar-refractivity contribution is 5.92. The molecule has 1 fully saturated rings. The van der Waals surface area contributed by atoms with Gasteiger partial charge in [-0.1, -0.05) is 19.8 Å². The first-order chi connectivity index (χ1) is 9.22. The predicted molar refractivity (Wildman–Crippen MR) is 75.2 cm³/mol. The van der Waals surface area contributed by atoms with Crippen LogP contribution in [0.15, 0.2) is 12.4 Å². The molecule has 1 aliphatic carbocycles. The third kappa shape index (κ3) is 3.43. The summed E-state index contributed by atoms with van der Waals surface area (Å²) in [7, 11) is 1.87. The third-order valence-electron chi connectivity index (χ3n) is 3.60. The van der Waals surface area contributed by atoms with Gasteiger partial charge in [0.25, 0.3) is 5.91 Å². The van der Waals surface area contributed by atoms with E-state index in [0.29, 0.717) is 17.6 Å². The van der Waals surface area contributed by atoms with E-state index in [4.69, 9.17) is 0 Å². The number of hydrogen-bond donors (Lipinski definition) is 1. The molecule has 1 amide bonds. The van der Waals surface area contributed by atoms with Gasteiger partial charge in [0.05, 0.1) is 12.4 Å². The summed E-state index contributed by atoms with van der Waals surface area (Å²) in [6, 6.07) is 0.363. The zero-order valence-corrected chi connectivity index (χ0v) is 11.7. The van der Waals surface area contributed by atoms with Gasteiger partial charge >= 0.3 is 0 Å². The maximum absolute atomic E-state index is 12.4. The zero-order valence-electron chi connectivity index (χ0n) is 11.7. The molecule has 0 unspecified atom stereocenters. The van der Waals surface area contributed by atoms with Gasteiger partial charge in [0.2, 0.25) is 0 Å². The molecule has 0 atom stereocenters. The Kier molecular flexibility index (Phi) is 4.71. The summed E-state index contributed by atoms with van der Waals surface area (Å²) in [6.07, 6.45) is 8.85. The van der Waals surface area contributed by atoms with Crippen molar-refractivity contribution >= 4 is 11.7 Å². The highest BCUT2D eigenvalue weighted by atomic mass is 16.2. The lowest BCUT2D eigenvalue weighted by Gasteiger charge is -2.23. The van der Waals surface area contributed by atoms with Crippen LogP contribution in [0.5, 0.6) is 0 Å². The van der Waals surface area contributed by atoms with Crippen LogP contribution in [0.2, 0.25) is 0 Å². The minimum absolute atomic E-state index is 0.0282. The van der Waals surface area contributed by atoms with Crippen LogP contribution in [0, 0.1) is 0 Å². The molecular formula is C14H22N4O. The number of carbonyl (C=O) groups excluding carboxylic acids is 1. The van der Waals surface area contributed by atoms with Crippen LogP contribution in [-0.2, 0) is 0 Å². The highest BCUT2D eigenvalue weighted by Gasteiger charge is 2.25. The number of amides is 1. The van der Waals surface area contributed by atoms with Gasteiger partial charge in [-0.3, -0.25) is 9.78 Å². The minimum atomic E-state index is -0.0282. The van der Waals surface area contributed by atoms with Gasteiger partial charge in [0.15, 0.2) is 0 Å². The van der Waals surface area contributed by atoms with Gasteiger partial charge in [-0.15, -0.1) is 0 Å². The molecule has 0 radical (unpaired) electrons. The fourth-order valence-corrected chi connectivity index (χ4v) is 2.45. The lowest BCUT2D eigenvalue weighted by atomic mass is 10.2. The predicted octanol–water partition coefficient (Wildman–Crippen LogP) is 2.31. The second kappa shape index (κ2) is 6.50. The monoisotopic (exact) mass is 262 g/mol. The van der Waals surface area contributed by atoms with Crippen molar-refractivity contribution in [3.63, 3.8) is 0 Å². The van der Waals surface area contributed by atoms with Gasteiger partial charge < -0.3 is 10.2 Å². The number of rotatable bonds is 5. The van der Waals surface area contributed by atoms with Gasteiger partial charge in [-0.25, -0.2) is 4.98 Å². The Balaban J connectivity index is 2.05. The van der Waals surface area contributed by atoms with E-state index in [1.54, 1.807) is 12.4 Å². The normalized spacial score (nSPS) is 15.5. The molecule has 1 aromatic rings. The van der Waals surface area contributed by atoms with Crippen molar-refractivity contribution in [2.24, 2.45) is 0 Å². The van der Waals surface area contributed by atoms with E-state index in [9.17, 15) is 4.79 Å². The highest BCUT2D eigenvalue weighted by Crippen LogP contribution is 2.23. The summed E-state index contributed by atoms with van der Waals surface area (Å²) < 4.78 is 0. The van der Waals surface area contributed by atoms with Crippen LogP contribution in [0.25, 0.3) is 0 Å². The van der Waals surface area contributed by atoms with Crippen LogP contribution >= 0.6 is 0 Å². The summed E-state index contributed by atoms with van der Waals surface area (Å²) in [5, 5.41) is 3.15. The quantitative estimate of drug-likeness (QED) is 0.884. The van der Waals surface area contributed by atoms with Crippen molar-refractivity contribution < 1.29 is 4.79 Å². The van der Waals surface area contributed by atoms with Crippen LogP contribution in [0.1, 0.15) is 49.5 Å². The van der Waals surface area contributed by atoms with Crippen molar-refractivity contribution in [2.45, 2.75) is 45.1 Å². The van der Waals surface area contributed by atoms with E-state index in [1.807, 2.05) is 11.9 Å². The molecule has 0 spiro atoms. The molecule has 0 aromatic carbocycles. The lowest BCUT2D eigenvalue weighted by molar-refractivity contribution is 0.0729. The molecule has 1 N–H and O–H groups in total. The summed E-state index contributed by atoms with van der Waals surface area (Å²) in [6.45, 7) is 2.92. The maximum Gasteiger partial charge on any atom is 0.274 e. The van der Waals surface area contributed by atoms with Crippen LogP contribution in [-0.4, -0.2) is 40.4 Å². The standard InChI is InChI=1S/C14H22N4O/c1-3-8-16-13-10-15-9-12(17-13)14(19)18(2)11-6-4-5-7-11/h9-11H,3-8H2,1-2H3,(H,16,17). The Morgan fingerprint density at radius 3 is 2.84 bits per heavy atom. The number of hydrogen-bond acceptors (Lipinski definition) is 4. The lowest BCUT2D eigenvalue weighted by Crippen LogP contribution is -2.35. The second-order valence-corrected chi connectivity index (χ2v) is 5.07. The maximum atomic E-state index is 12.4. The topological polar surface area (TPSA) is 58.1 Å². The van der Waals surface area contributed by atoms with E-state index < -0.39 is 0 Å². The van der Waals surface area contributed by atoms with Crippen molar-refractivity contribution in [1.82, 2.24) is 14.9 Å². The summed E-state index contributed by atoms with van der Waals surface area (Å²) in [4.78, 5) is 22.6. The fourth-order valence-electron chi connectivity index (χ4n) is 2.45. The Labute approximate surface area is 114 Å². The van der Waals surface area contributed by atoms with Crippen LogP contribution < -0.4 is 5.32 Å². The summed E-state index contributed by atoms with van der Waals surface area (Å²) >= 11 is 0. The van der Waals surface area contributed by atoms with Crippen LogP contribution in [0.4, 0.5) is 5.82 Å². The Morgan fingerprint density at radius 1 is 1.42 bits per heavy atom. The van der Waals surface area contributed by atoms with Crippen molar-refractivity contribution in [1.29, 1.82) is 0 Å². The van der Waals surface area contributed by atoms with Crippen LogP contribution in [0.3, 0.4) is 0 Å². The number of anilines is 1. The Hall–Kier alpha value is -1.65. The zero-order chi connectivity index (χ0) is 13.7. The third-order valence-corrected chi connectivity index (χ3v) is 3.60. The van der Waals surface area contributed by atoms with E-state index in [-0.39, 0.29) is 5.91 Å². The molecule has 5 heteroatoms. The van der Waals surface area contributed by atoms with Gasteiger partial charge in [-0.2, -0.15) is 0 Å². The summed E-state index contributed by atoms with van der Waals surface area (Å²) in [5.74, 6) is 0.645. The molecule has 2 rings (SSSR count). The molecule has 0 saturated heterocycles. The van der Waals surface area contributed by atoms with E-state index in [1.165, 1.54) is 12.8 Å². The molecule has 1 heterocycles. The largest absolute Gasteiger partial charge is 0.369 e.